The molecule has 0 spiro atoms. The number of benzene rings is 2. The van der Waals surface area contributed by atoms with E-state index in [4.69, 9.17) is 0 Å². The first-order valence-corrected chi connectivity index (χ1v) is 8.71. The highest BCUT2D eigenvalue weighted by Gasteiger charge is 2.21. The minimum absolute atomic E-state index is 0.0141. The number of nitrogens with one attached hydrogen (secondary N) is 1. The van der Waals surface area contributed by atoms with Crippen LogP contribution in [0.2, 0.25) is 0 Å². The minimum atomic E-state index is -0.717. The van der Waals surface area contributed by atoms with Crippen LogP contribution in [0.5, 0.6) is 0 Å². The van der Waals surface area contributed by atoms with Gasteiger partial charge >= 0.3 is 11.7 Å². The number of nitro benzene ring substituents is 2. The second-order valence-corrected chi connectivity index (χ2v) is 6.19. The second kappa shape index (κ2) is 8.78. The molecule has 0 aliphatic heterocycles. The molecule has 0 aromatic heterocycles. The van der Waals surface area contributed by atoms with Crippen molar-refractivity contribution in [3.8, 4) is 0 Å². The Morgan fingerprint density at radius 1 is 1.00 bits per heavy atom. The summed E-state index contributed by atoms with van der Waals surface area (Å²) in [5.74, 6) is -0.668. The van der Waals surface area contributed by atoms with Crippen LogP contribution in [0.4, 0.5) is 17.1 Å². The lowest BCUT2D eigenvalue weighted by molar-refractivity contribution is -0.393. The van der Waals surface area contributed by atoms with Crippen molar-refractivity contribution >= 4 is 28.7 Å². The van der Waals surface area contributed by atoms with E-state index in [-0.39, 0.29) is 11.6 Å². The summed E-state index contributed by atoms with van der Waals surface area (Å²) in [5.41, 5.74) is 3.40. The average molecular weight is 408 g/mol. The SMILES string of the molecule is COC(=O)c1ccc(/C(=N/Nc2ccc([N+](=O)[O-])cc2[N+](=O)[O-])C2C=CC=C2)cc1. The van der Waals surface area contributed by atoms with Gasteiger partial charge in [-0.05, 0) is 23.8 Å². The first-order chi connectivity index (χ1) is 14.4. The van der Waals surface area contributed by atoms with Gasteiger partial charge in [-0.1, -0.05) is 36.4 Å². The number of carbonyl (C=O) groups excluding carboxylic acids is 1. The highest BCUT2D eigenvalue weighted by atomic mass is 16.6. The van der Waals surface area contributed by atoms with Gasteiger partial charge in [0.1, 0.15) is 5.69 Å². The van der Waals surface area contributed by atoms with E-state index in [9.17, 15) is 25.0 Å². The molecule has 0 radical (unpaired) electrons. The summed E-state index contributed by atoms with van der Waals surface area (Å²) in [7, 11) is 1.29. The first-order valence-electron chi connectivity index (χ1n) is 8.71. The summed E-state index contributed by atoms with van der Waals surface area (Å²) in [4.78, 5) is 32.4. The highest BCUT2D eigenvalue weighted by Crippen LogP contribution is 2.29. The van der Waals surface area contributed by atoms with Gasteiger partial charge in [-0.25, -0.2) is 4.79 Å². The molecule has 1 N–H and O–H groups in total. The number of methoxy groups -OCH3 is 1. The van der Waals surface area contributed by atoms with Crippen molar-refractivity contribution in [2.75, 3.05) is 12.5 Å². The molecule has 2 aromatic carbocycles. The molecule has 3 rings (SSSR count). The minimum Gasteiger partial charge on any atom is -0.465 e. The smallest absolute Gasteiger partial charge is 0.337 e. The zero-order valence-electron chi connectivity index (χ0n) is 15.7. The Morgan fingerprint density at radius 3 is 2.20 bits per heavy atom. The molecule has 2 aromatic rings. The number of hydrazone groups is 1. The third kappa shape index (κ3) is 4.38. The fourth-order valence-electron chi connectivity index (χ4n) is 2.84. The number of rotatable bonds is 7. The molecule has 1 aliphatic carbocycles. The molecule has 152 valence electrons. The van der Waals surface area contributed by atoms with E-state index < -0.39 is 27.2 Å². The van der Waals surface area contributed by atoms with Crippen molar-refractivity contribution in [3.05, 3.63) is 98.1 Å². The van der Waals surface area contributed by atoms with Gasteiger partial charge < -0.3 is 4.74 Å². The lowest BCUT2D eigenvalue weighted by Crippen LogP contribution is -2.14. The number of anilines is 1. The van der Waals surface area contributed by atoms with Crippen LogP contribution in [0.15, 0.2) is 71.9 Å². The summed E-state index contributed by atoms with van der Waals surface area (Å²) in [6.07, 6.45) is 7.46. The number of non-ortho nitro benzene ring substituents is 1. The Labute approximate surface area is 170 Å². The zero-order valence-corrected chi connectivity index (χ0v) is 15.7. The van der Waals surface area contributed by atoms with E-state index in [1.54, 1.807) is 24.3 Å². The first kappa shape index (κ1) is 20.4. The van der Waals surface area contributed by atoms with Crippen LogP contribution < -0.4 is 5.43 Å². The normalized spacial score (nSPS) is 13.3. The predicted octanol–water partition coefficient (Wildman–Crippen LogP) is 3.85. The maximum Gasteiger partial charge on any atom is 0.337 e. The number of hydrogen-bond acceptors (Lipinski definition) is 8. The van der Waals surface area contributed by atoms with E-state index >= 15 is 0 Å². The van der Waals surface area contributed by atoms with Crippen molar-refractivity contribution in [2.45, 2.75) is 0 Å². The molecule has 0 unspecified atom stereocenters. The van der Waals surface area contributed by atoms with Gasteiger partial charge in [-0.3, -0.25) is 25.7 Å². The van der Waals surface area contributed by atoms with Crippen LogP contribution in [0, 0.1) is 26.1 Å². The van der Waals surface area contributed by atoms with Crippen LogP contribution in [-0.2, 0) is 4.74 Å². The summed E-state index contributed by atoms with van der Waals surface area (Å²) in [6, 6.07) is 9.83. The number of nitro groups is 2. The molecule has 0 fully saturated rings. The number of esters is 1. The molecule has 0 saturated carbocycles. The Kier molecular flexibility index (Phi) is 5.97. The van der Waals surface area contributed by atoms with E-state index in [0.717, 1.165) is 12.1 Å². The van der Waals surface area contributed by atoms with Gasteiger partial charge in [0.2, 0.25) is 0 Å². The van der Waals surface area contributed by atoms with Crippen LogP contribution >= 0.6 is 0 Å². The van der Waals surface area contributed by atoms with Gasteiger partial charge in [-0.2, -0.15) is 5.10 Å². The maximum absolute atomic E-state index is 11.6. The molecule has 0 heterocycles. The maximum atomic E-state index is 11.6. The van der Waals surface area contributed by atoms with Crippen molar-refractivity contribution in [3.63, 3.8) is 0 Å². The van der Waals surface area contributed by atoms with Crippen molar-refractivity contribution < 1.29 is 19.4 Å². The summed E-state index contributed by atoms with van der Waals surface area (Å²) < 4.78 is 4.69. The lowest BCUT2D eigenvalue weighted by Gasteiger charge is -2.12. The molecular formula is C20H16N4O6. The molecule has 1 aliphatic rings. The molecule has 0 bridgehead atoms. The standard InChI is InChI=1S/C20H16N4O6/c1-30-20(25)15-8-6-14(7-9-15)19(13-4-2-3-5-13)22-21-17-11-10-16(23(26)27)12-18(17)24(28)29/h2-13,21H,1H3/b22-19+. The number of ether oxygens (including phenoxy) is 1. The third-order valence-corrected chi connectivity index (χ3v) is 4.35. The van der Waals surface area contributed by atoms with E-state index in [1.165, 1.54) is 13.2 Å². The summed E-state index contributed by atoms with van der Waals surface area (Å²) in [5, 5.41) is 26.6. The number of carbonyl (C=O) groups is 1. The van der Waals surface area contributed by atoms with Gasteiger partial charge in [0.25, 0.3) is 5.69 Å². The fraction of sp³-hybridized carbons (Fsp3) is 0.100. The van der Waals surface area contributed by atoms with Crippen LogP contribution in [0.3, 0.4) is 0 Å². The van der Waals surface area contributed by atoms with Crippen LogP contribution in [0.25, 0.3) is 0 Å². The Morgan fingerprint density at radius 2 is 1.63 bits per heavy atom. The number of nitrogens with zero attached hydrogens (tertiary/aromatic N) is 3. The summed E-state index contributed by atoms with van der Waals surface area (Å²) >= 11 is 0. The van der Waals surface area contributed by atoms with Crippen LogP contribution in [-0.4, -0.2) is 28.6 Å². The fourth-order valence-corrected chi connectivity index (χ4v) is 2.84. The Bertz CT molecular complexity index is 1080. The zero-order chi connectivity index (χ0) is 21.7. The topological polar surface area (TPSA) is 137 Å². The largest absolute Gasteiger partial charge is 0.465 e. The van der Waals surface area contributed by atoms with Crippen molar-refractivity contribution in [1.82, 2.24) is 0 Å². The van der Waals surface area contributed by atoms with Gasteiger partial charge in [0.05, 0.1) is 34.3 Å². The van der Waals surface area contributed by atoms with Gasteiger partial charge in [0, 0.05) is 12.0 Å². The van der Waals surface area contributed by atoms with Crippen molar-refractivity contribution in [1.29, 1.82) is 0 Å². The van der Waals surface area contributed by atoms with Crippen molar-refractivity contribution in [2.24, 2.45) is 11.0 Å². The highest BCUT2D eigenvalue weighted by molar-refractivity contribution is 6.05. The molecule has 30 heavy (non-hydrogen) atoms. The predicted molar refractivity (Wildman–Crippen MR) is 109 cm³/mol. The van der Waals surface area contributed by atoms with Gasteiger partial charge in [-0.15, -0.1) is 0 Å². The molecule has 10 nitrogen and oxygen atoms in total. The van der Waals surface area contributed by atoms with E-state index in [2.05, 4.69) is 15.3 Å². The lowest BCUT2D eigenvalue weighted by atomic mass is 9.97. The monoisotopic (exact) mass is 408 g/mol. The summed E-state index contributed by atoms with van der Waals surface area (Å²) in [6.45, 7) is 0. The quantitative estimate of drug-likeness (QED) is 0.318. The molecule has 10 heteroatoms. The molecule has 0 saturated heterocycles. The third-order valence-electron chi connectivity index (χ3n) is 4.35. The van der Waals surface area contributed by atoms with Gasteiger partial charge in [0.15, 0.2) is 0 Å². The molecular weight excluding hydrogens is 392 g/mol. The molecule has 0 atom stereocenters. The van der Waals surface area contributed by atoms with E-state index in [0.29, 0.717) is 16.8 Å². The Hall–Kier alpha value is -4.34. The van der Waals surface area contributed by atoms with E-state index in [1.807, 2.05) is 24.3 Å². The number of hydrogen-bond donors (Lipinski definition) is 1. The average Bonchev–Trinajstić information content (AvgIpc) is 3.28. The molecule has 0 amide bonds. The van der Waals surface area contributed by atoms with Crippen LogP contribution in [0.1, 0.15) is 15.9 Å². The number of allylic oxidation sites excluding steroid dienone is 4. The Balaban J connectivity index is 1.97. The second-order valence-electron chi connectivity index (χ2n) is 6.19.